The Labute approximate surface area is 216 Å². The molecule has 0 spiro atoms. The lowest BCUT2D eigenvalue weighted by Crippen LogP contribution is -2.38. The van der Waals surface area contributed by atoms with Crippen LogP contribution in [0.1, 0.15) is 37.2 Å². The molecular formula is C26H21ClN4O6. The number of halogens is 1. The molecule has 10 nitrogen and oxygen atoms in total. The lowest BCUT2D eigenvalue weighted by molar-refractivity contribution is -0.151. The molecule has 0 saturated carbocycles. The van der Waals surface area contributed by atoms with Crippen molar-refractivity contribution in [2.75, 3.05) is 18.5 Å². The zero-order chi connectivity index (χ0) is 26.0. The van der Waals surface area contributed by atoms with E-state index in [1.54, 1.807) is 43.3 Å². The van der Waals surface area contributed by atoms with Gasteiger partial charge in [0.25, 0.3) is 0 Å². The lowest BCUT2D eigenvalue weighted by atomic mass is 9.77. The summed E-state index contributed by atoms with van der Waals surface area (Å²) in [6.07, 6.45) is 4.09. The van der Waals surface area contributed by atoms with Gasteiger partial charge in [0.15, 0.2) is 0 Å². The summed E-state index contributed by atoms with van der Waals surface area (Å²) in [5.41, 5.74) is 1.84. The van der Waals surface area contributed by atoms with Crippen molar-refractivity contribution in [2.24, 2.45) is 15.4 Å². The minimum Gasteiger partial charge on any atom is -0.481 e. The lowest BCUT2D eigenvalue weighted by Gasteiger charge is -2.32. The van der Waals surface area contributed by atoms with Crippen LogP contribution < -0.4 is 5.32 Å². The molecular weight excluding hydrogens is 500 g/mol. The van der Waals surface area contributed by atoms with Crippen LogP contribution in [0.15, 0.2) is 68.5 Å². The van der Waals surface area contributed by atoms with Crippen molar-refractivity contribution in [3.05, 3.63) is 70.4 Å². The van der Waals surface area contributed by atoms with Crippen LogP contribution in [-0.4, -0.2) is 47.0 Å². The first-order chi connectivity index (χ1) is 17.9. The number of anilines is 1. The molecule has 188 valence electrons. The van der Waals surface area contributed by atoms with E-state index >= 15 is 0 Å². The molecule has 37 heavy (non-hydrogen) atoms. The molecule has 2 aromatic rings. The van der Waals surface area contributed by atoms with E-state index in [1.165, 1.54) is 6.20 Å². The molecule has 5 rings (SSSR count). The van der Waals surface area contributed by atoms with Crippen molar-refractivity contribution in [3.63, 3.8) is 0 Å². The van der Waals surface area contributed by atoms with E-state index in [0.717, 1.165) is 0 Å². The molecule has 2 N–H and O–H groups in total. The molecule has 3 aliphatic heterocycles. The highest BCUT2D eigenvalue weighted by Gasteiger charge is 2.46. The van der Waals surface area contributed by atoms with E-state index in [-0.39, 0.29) is 11.4 Å². The van der Waals surface area contributed by atoms with Gasteiger partial charge in [-0.15, -0.1) is 0 Å². The number of carbonyl (C=O) groups is 2. The Balaban J connectivity index is 1.25. The molecule has 0 aliphatic carbocycles. The third-order valence-corrected chi connectivity index (χ3v) is 6.62. The molecule has 1 unspecified atom stereocenters. The van der Waals surface area contributed by atoms with Crippen LogP contribution in [0.5, 0.6) is 0 Å². The number of aliphatic carboxylic acids is 1. The average molecular weight is 521 g/mol. The summed E-state index contributed by atoms with van der Waals surface area (Å²) < 4.78 is 15.9. The Hall–Kier alpha value is -4.20. The van der Waals surface area contributed by atoms with Crippen LogP contribution in [0.4, 0.5) is 10.5 Å². The van der Waals surface area contributed by atoms with E-state index in [4.69, 9.17) is 25.6 Å². The first-order valence-corrected chi connectivity index (χ1v) is 11.8. The highest BCUT2D eigenvalue weighted by atomic mass is 35.5. The van der Waals surface area contributed by atoms with Gasteiger partial charge in [-0.25, -0.2) is 14.8 Å². The summed E-state index contributed by atoms with van der Waals surface area (Å²) in [5.74, 6) is 4.85. The van der Waals surface area contributed by atoms with E-state index in [9.17, 15) is 14.7 Å². The van der Waals surface area contributed by atoms with Gasteiger partial charge >= 0.3 is 12.1 Å². The third kappa shape index (κ3) is 4.91. The first kappa shape index (κ1) is 24.5. The number of hydrogen-bond donors (Lipinski definition) is 2. The van der Waals surface area contributed by atoms with Gasteiger partial charge in [0.05, 0.1) is 23.3 Å². The zero-order valence-electron chi connectivity index (χ0n) is 19.7. The molecule has 1 amide bonds. The monoisotopic (exact) mass is 520 g/mol. The van der Waals surface area contributed by atoms with Crippen molar-refractivity contribution < 1.29 is 28.7 Å². The van der Waals surface area contributed by atoms with Gasteiger partial charge in [-0.3, -0.25) is 10.1 Å². The third-order valence-electron chi connectivity index (χ3n) is 6.28. The number of benzene rings is 1. The number of nitrogens with zero attached hydrogens (tertiary/aromatic N) is 3. The topological polar surface area (TPSA) is 136 Å². The van der Waals surface area contributed by atoms with Crippen molar-refractivity contribution in [1.29, 1.82) is 0 Å². The van der Waals surface area contributed by atoms with E-state index in [2.05, 4.69) is 32.3 Å². The Kier molecular flexibility index (Phi) is 6.65. The van der Waals surface area contributed by atoms with Crippen molar-refractivity contribution in [1.82, 2.24) is 5.16 Å². The molecule has 1 saturated heterocycles. The molecule has 3 aliphatic rings. The minimum absolute atomic E-state index is 0.116. The van der Waals surface area contributed by atoms with Crippen molar-refractivity contribution in [2.45, 2.75) is 25.9 Å². The number of carboxylic acids is 1. The van der Waals surface area contributed by atoms with E-state index in [1.807, 2.05) is 0 Å². The SMILES string of the molecule is CC(OC(=O)Nc1cnoc1C#CC1=CC2=NC(C3(C(=O)O)CCOCC3)=CC2=N1)c1ccccc1Cl. The summed E-state index contributed by atoms with van der Waals surface area (Å²) in [6.45, 7) is 2.45. The zero-order valence-corrected chi connectivity index (χ0v) is 20.4. The fraction of sp³-hybridized carbons (Fsp3) is 0.269. The fourth-order valence-corrected chi connectivity index (χ4v) is 4.52. The maximum atomic E-state index is 12.4. The van der Waals surface area contributed by atoms with Gasteiger partial charge in [-0.2, -0.15) is 0 Å². The molecule has 1 atom stereocenters. The summed E-state index contributed by atoms with van der Waals surface area (Å²) >= 11 is 6.16. The number of amides is 1. The first-order valence-electron chi connectivity index (χ1n) is 11.5. The summed E-state index contributed by atoms with van der Waals surface area (Å²) in [6, 6.07) is 7.09. The molecule has 1 fully saturated rings. The second-order valence-electron chi connectivity index (χ2n) is 8.57. The summed E-state index contributed by atoms with van der Waals surface area (Å²) in [7, 11) is 0. The summed E-state index contributed by atoms with van der Waals surface area (Å²) in [4.78, 5) is 33.4. The highest BCUT2D eigenvalue weighted by Crippen LogP contribution is 2.41. The molecule has 11 heteroatoms. The maximum absolute atomic E-state index is 12.4. The van der Waals surface area contributed by atoms with E-state index in [0.29, 0.717) is 59.5 Å². The Morgan fingerprint density at radius 2 is 1.92 bits per heavy atom. The maximum Gasteiger partial charge on any atom is 0.412 e. The average Bonchev–Trinajstić information content (AvgIpc) is 3.58. The number of allylic oxidation sites excluding steroid dienone is 3. The van der Waals surface area contributed by atoms with Crippen LogP contribution in [0.3, 0.4) is 0 Å². The van der Waals surface area contributed by atoms with Gasteiger partial charge in [-0.05, 0) is 43.7 Å². The highest BCUT2D eigenvalue weighted by molar-refractivity contribution is 6.54. The number of nitrogens with one attached hydrogen (secondary N) is 1. The Bertz CT molecular complexity index is 1450. The number of ether oxygens (including phenoxy) is 2. The number of aromatic nitrogens is 1. The van der Waals surface area contributed by atoms with Crippen LogP contribution in [0.2, 0.25) is 5.02 Å². The number of aliphatic imine (C=N–C) groups is 2. The smallest absolute Gasteiger partial charge is 0.412 e. The number of carboxylic acid groups (broad SMARTS) is 1. The predicted molar refractivity (Wildman–Crippen MR) is 135 cm³/mol. The van der Waals surface area contributed by atoms with Crippen LogP contribution in [0, 0.1) is 17.3 Å². The predicted octanol–water partition coefficient (Wildman–Crippen LogP) is 4.55. The van der Waals surface area contributed by atoms with Gasteiger partial charge in [0.1, 0.15) is 22.9 Å². The van der Waals surface area contributed by atoms with Gasteiger partial charge in [-0.1, -0.05) is 35.0 Å². The van der Waals surface area contributed by atoms with E-state index < -0.39 is 23.6 Å². The minimum atomic E-state index is -1.07. The number of fused-ring (bicyclic) bond motifs is 1. The largest absolute Gasteiger partial charge is 0.481 e. The standard InChI is InChI=1S/C26H21ClN4O6/c1-15(17-4-2-3-5-18(17)27)36-25(34)31-21-14-28-37-22(21)7-6-16-12-19-20(29-16)13-23(30-19)26(24(32)33)8-10-35-11-9-26/h2-5,12-15H,8-11H2,1H3,(H,31,34)(H,32,33). The molecule has 1 aromatic carbocycles. The second kappa shape index (κ2) is 10.0. The molecule has 1 aromatic heterocycles. The van der Waals surface area contributed by atoms with Crippen molar-refractivity contribution in [3.8, 4) is 11.8 Å². The Morgan fingerprint density at radius 1 is 1.16 bits per heavy atom. The van der Waals surface area contributed by atoms with Crippen LogP contribution >= 0.6 is 11.6 Å². The van der Waals surface area contributed by atoms with Crippen LogP contribution in [0.25, 0.3) is 0 Å². The quantitative estimate of drug-likeness (QED) is 0.552. The molecule has 4 heterocycles. The number of hydrogen-bond acceptors (Lipinski definition) is 8. The van der Waals surface area contributed by atoms with Gasteiger partial charge in [0, 0.05) is 29.9 Å². The van der Waals surface area contributed by atoms with Crippen LogP contribution in [-0.2, 0) is 14.3 Å². The fourth-order valence-electron chi connectivity index (χ4n) is 4.23. The molecule has 0 bridgehead atoms. The Morgan fingerprint density at radius 3 is 2.65 bits per heavy atom. The van der Waals surface area contributed by atoms with Gasteiger partial charge < -0.3 is 19.1 Å². The number of carbonyl (C=O) groups excluding carboxylic acids is 1. The summed E-state index contributed by atoms with van der Waals surface area (Å²) in [5, 5.41) is 16.6. The number of rotatable bonds is 5. The second-order valence-corrected chi connectivity index (χ2v) is 8.97. The molecule has 0 radical (unpaired) electrons. The van der Waals surface area contributed by atoms with Gasteiger partial charge in [0.2, 0.25) is 5.76 Å². The normalized spacial score (nSPS) is 18.3. The van der Waals surface area contributed by atoms with Crippen molar-refractivity contribution >= 4 is 40.8 Å².